The minimum absolute atomic E-state index is 0.196. The SMILES string of the molecule is Cc1cnc(C(C)NC(=O)C2CCC(C(=O)O)O2)s1. The fourth-order valence-corrected chi connectivity index (χ4v) is 2.73. The van der Waals surface area contributed by atoms with Gasteiger partial charge < -0.3 is 15.2 Å². The molecule has 0 aromatic carbocycles. The van der Waals surface area contributed by atoms with E-state index >= 15 is 0 Å². The molecular weight excluding hydrogens is 268 g/mol. The summed E-state index contributed by atoms with van der Waals surface area (Å²) in [6.07, 6.45) is 1.03. The Morgan fingerprint density at radius 1 is 1.53 bits per heavy atom. The number of rotatable bonds is 4. The summed E-state index contributed by atoms with van der Waals surface area (Å²) in [5, 5.41) is 12.4. The molecule has 1 aliphatic heterocycles. The van der Waals surface area contributed by atoms with Crippen LogP contribution < -0.4 is 5.32 Å². The Morgan fingerprint density at radius 3 is 2.74 bits per heavy atom. The summed E-state index contributed by atoms with van der Waals surface area (Å²) in [6.45, 7) is 3.80. The van der Waals surface area contributed by atoms with Gasteiger partial charge in [0.1, 0.15) is 11.1 Å². The smallest absolute Gasteiger partial charge is 0.332 e. The van der Waals surface area contributed by atoms with Gasteiger partial charge in [0.2, 0.25) is 5.91 Å². The Balaban J connectivity index is 1.89. The summed E-state index contributed by atoms with van der Waals surface area (Å²) in [7, 11) is 0. The standard InChI is InChI=1S/C12H16N2O4S/c1-6-5-13-11(19-6)7(2)14-10(15)8-3-4-9(18-8)12(16)17/h5,7-9H,3-4H2,1-2H3,(H,14,15)(H,16,17). The molecule has 1 fully saturated rings. The molecule has 0 bridgehead atoms. The molecule has 1 aromatic heterocycles. The number of nitrogens with zero attached hydrogens (tertiary/aromatic N) is 1. The van der Waals surface area contributed by atoms with E-state index in [0.717, 1.165) is 9.88 Å². The number of aryl methyl sites for hydroxylation is 1. The lowest BCUT2D eigenvalue weighted by Gasteiger charge is -2.15. The maximum Gasteiger partial charge on any atom is 0.332 e. The van der Waals surface area contributed by atoms with Crippen LogP contribution in [0.2, 0.25) is 0 Å². The zero-order valence-corrected chi connectivity index (χ0v) is 11.6. The highest BCUT2D eigenvalue weighted by Crippen LogP contribution is 2.22. The maximum absolute atomic E-state index is 12.0. The molecule has 7 heteroatoms. The van der Waals surface area contributed by atoms with Crippen molar-refractivity contribution >= 4 is 23.2 Å². The number of ether oxygens (including phenoxy) is 1. The van der Waals surface area contributed by atoms with Crippen LogP contribution in [0.15, 0.2) is 6.20 Å². The molecular formula is C12H16N2O4S. The van der Waals surface area contributed by atoms with Gasteiger partial charge in [-0.25, -0.2) is 9.78 Å². The van der Waals surface area contributed by atoms with Crippen LogP contribution in [0, 0.1) is 6.92 Å². The second kappa shape index (κ2) is 5.66. The first-order valence-corrected chi connectivity index (χ1v) is 6.90. The van der Waals surface area contributed by atoms with Crippen LogP contribution in [0.4, 0.5) is 0 Å². The molecule has 1 aromatic rings. The molecule has 1 amide bonds. The molecule has 3 unspecified atom stereocenters. The molecule has 6 nitrogen and oxygen atoms in total. The topological polar surface area (TPSA) is 88.5 Å². The van der Waals surface area contributed by atoms with Gasteiger partial charge in [0.15, 0.2) is 6.10 Å². The van der Waals surface area contributed by atoms with Crippen LogP contribution in [-0.2, 0) is 14.3 Å². The minimum atomic E-state index is -1.01. The molecule has 1 saturated heterocycles. The van der Waals surface area contributed by atoms with Crippen LogP contribution in [0.5, 0.6) is 0 Å². The molecule has 3 atom stereocenters. The number of carboxylic acid groups (broad SMARTS) is 1. The zero-order chi connectivity index (χ0) is 14.0. The van der Waals surface area contributed by atoms with Crippen LogP contribution in [0.1, 0.15) is 35.7 Å². The van der Waals surface area contributed by atoms with E-state index in [-0.39, 0.29) is 11.9 Å². The first-order valence-electron chi connectivity index (χ1n) is 6.08. The third-order valence-electron chi connectivity index (χ3n) is 2.96. The highest BCUT2D eigenvalue weighted by molar-refractivity contribution is 7.11. The largest absolute Gasteiger partial charge is 0.479 e. The fourth-order valence-electron chi connectivity index (χ4n) is 1.95. The van der Waals surface area contributed by atoms with Crippen molar-refractivity contribution in [3.8, 4) is 0 Å². The van der Waals surface area contributed by atoms with Gasteiger partial charge in [0.25, 0.3) is 0 Å². The minimum Gasteiger partial charge on any atom is -0.479 e. The summed E-state index contributed by atoms with van der Waals surface area (Å²) in [5.74, 6) is -1.29. The van der Waals surface area contributed by atoms with Crippen LogP contribution in [0.25, 0.3) is 0 Å². The lowest BCUT2D eigenvalue weighted by molar-refractivity contribution is -0.151. The number of amides is 1. The monoisotopic (exact) mass is 284 g/mol. The van der Waals surface area contributed by atoms with Crippen LogP contribution in [0.3, 0.4) is 0 Å². The molecule has 0 spiro atoms. The number of aliphatic carboxylic acids is 1. The van der Waals surface area contributed by atoms with E-state index in [4.69, 9.17) is 9.84 Å². The second-order valence-corrected chi connectivity index (χ2v) is 5.83. The Labute approximate surface area is 114 Å². The van der Waals surface area contributed by atoms with Crippen molar-refractivity contribution in [2.24, 2.45) is 0 Å². The zero-order valence-electron chi connectivity index (χ0n) is 10.8. The van der Waals surface area contributed by atoms with E-state index in [9.17, 15) is 9.59 Å². The number of hydrogen-bond donors (Lipinski definition) is 2. The first-order chi connectivity index (χ1) is 8.97. The molecule has 104 valence electrons. The van der Waals surface area contributed by atoms with Crippen molar-refractivity contribution in [1.82, 2.24) is 10.3 Å². The van der Waals surface area contributed by atoms with E-state index in [1.807, 2.05) is 13.8 Å². The van der Waals surface area contributed by atoms with Gasteiger partial charge in [-0.3, -0.25) is 4.79 Å². The Morgan fingerprint density at radius 2 is 2.21 bits per heavy atom. The third-order valence-corrected chi connectivity index (χ3v) is 4.05. The van der Waals surface area contributed by atoms with E-state index in [1.54, 1.807) is 6.20 Å². The second-order valence-electron chi connectivity index (χ2n) is 4.57. The number of carboxylic acids is 1. The van der Waals surface area contributed by atoms with Gasteiger partial charge in [-0.1, -0.05) is 0 Å². The predicted octanol–water partition coefficient (Wildman–Crippen LogP) is 1.26. The van der Waals surface area contributed by atoms with Gasteiger partial charge in [0, 0.05) is 11.1 Å². The number of aromatic nitrogens is 1. The lowest BCUT2D eigenvalue weighted by Crippen LogP contribution is -2.37. The summed E-state index contributed by atoms with van der Waals surface area (Å²) < 4.78 is 5.20. The first kappa shape index (κ1) is 14.0. The number of carbonyl (C=O) groups is 2. The lowest BCUT2D eigenvalue weighted by atomic mass is 10.2. The molecule has 19 heavy (non-hydrogen) atoms. The fraction of sp³-hybridized carbons (Fsp3) is 0.583. The van der Waals surface area contributed by atoms with Gasteiger partial charge in [-0.15, -0.1) is 11.3 Å². The summed E-state index contributed by atoms with van der Waals surface area (Å²) >= 11 is 1.53. The molecule has 2 N–H and O–H groups in total. The molecule has 2 heterocycles. The van der Waals surface area contributed by atoms with E-state index in [0.29, 0.717) is 12.8 Å². The average molecular weight is 284 g/mol. The van der Waals surface area contributed by atoms with Gasteiger partial charge in [0.05, 0.1) is 6.04 Å². The Hall–Kier alpha value is -1.47. The van der Waals surface area contributed by atoms with Crippen molar-refractivity contribution in [3.63, 3.8) is 0 Å². The Bertz CT molecular complexity index is 488. The average Bonchev–Trinajstić information content (AvgIpc) is 2.96. The van der Waals surface area contributed by atoms with E-state index < -0.39 is 18.2 Å². The van der Waals surface area contributed by atoms with Crippen LogP contribution >= 0.6 is 11.3 Å². The van der Waals surface area contributed by atoms with E-state index in [1.165, 1.54) is 11.3 Å². The summed E-state index contributed by atoms with van der Waals surface area (Å²) in [6, 6.07) is -0.196. The molecule has 2 rings (SSSR count). The highest BCUT2D eigenvalue weighted by atomic mass is 32.1. The number of hydrogen-bond acceptors (Lipinski definition) is 5. The maximum atomic E-state index is 12.0. The van der Waals surface area contributed by atoms with Crippen LogP contribution in [-0.4, -0.2) is 34.2 Å². The van der Waals surface area contributed by atoms with Crippen molar-refractivity contribution in [2.45, 2.75) is 44.9 Å². The number of carbonyl (C=O) groups excluding carboxylic acids is 1. The molecule has 0 saturated carbocycles. The molecule has 0 radical (unpaired) electrons. The predicted molar refractivity (Wildman–Crippen MR) is 68.9 cm³/mol. The summed E-state index contributed by atoms with van der Waals surface area (Å²) in [4.78, 5) is 28.0. The van der Waals surface area contributed by atoms with Crippen molar-refractivity contribution in [3.05, 3.63) is 16.1 Å². The van der Waals surface area contributed by atoms with Gasteiger partial charge in [-0.05, 0) is 26.7 Å². The number of nitrogens with one attached hydrogen (secondary N) is 1. The molecule has 0 aliphatic carbocycles. The molecule has 1 aliphatic rings. The third kappa shape index (κ3) is 3.30. The van der Waals surface area contributed by atoms with Gasteiger partial charge >= 0.3 is 5.97 Å². The highest BCUT2D eigenvalue weighted by Gasteiger charge is 2.35. The normalized spacial score (nSPS) is 24.1. The van der Waals surface area contributed by atoms with Gasteiger partial charge in [-0.2, -0.15) is 0 Å². The summed E-state index contributed by atoms with van der Waals surface area (Å²) in [5.41, 5.74) is 0. The quantitative estimate of drug-likeness (QED) is 0.869. The van der Waals surface area contributed by atoms with Crippen molar-refractivity contribution < 1.29 is 19.4 Å². The Kier molecular flexibility index (Phi) is 4.16. The van der Waals surface area contributed by atoms with E-state index in [2.05, 4.69) is 10.3 Å². The number of thiazole rings is 1. The van der Waals surface area contributed by atoms with Crippen molar-refractivity contribution in [1.29, 1.82) is 0 Å². The van der Waals surface area contributed by atoms with Crippen molar-refractivity contribution in [2.75, 3.05) is 0 Å².